The first kappa shape index (κ1) is 78.6. The van der Waals surface area contributed by atoms with Crippen LogP contribution < -0.4 is 5.32 Å². The van der Waals surface area contributed by atoms with E-state index in [1.807, 2.05) is 6.08 Å². The number of aliphatic hydroxyl groups is 2. The molecule has 3 N–H and O–H groups in total. The maximum Gasteiger partial charge on any atom is 0.305 e. The lowest BCUT2D eigenvalue weighted by atomic mass is 10.0. The highest BCUT2D eigenvalue weighted by molar-refractivity contribution is 5.76. The highest BCUT2D eigenvalue weighted by atomic mass is 16.5. The number of rotatable bonds is 70. The van der Waals surface area contributed by atoms with Gasteiger partial charge in [0, 0.05) is 12.8 Å². The number of hydrogen-bond donors (Lipinski definition) is 3. The molecule has 0 aromatic rings. The molecule has 1 amide bonds. The molecule has 0 spiro atoms. The van der Waals surface area contributed by atoms with E-state index < -0.39 is 12.1 Å². The Bertz CT molecular complexity index is 1210. The van der Waals surface area contributed by atoms with Gasteiger partial charge in [-0.1, -0.05) is 392 Å². The van der Waals surface area contributed by atoms with E-state index in [-0.39, 0.29) is 18.5 Å². The van der Waals surface area contributed by atoms with Gasteiger partial charge in [0.2, 0.25) is 5.91 Å². The first-order valence-electron chi connectivity index (χ1n) is 37.0. The van der Waals surface area contributed by atoms with Gasteiger partial charge < -0.3 is 20.3 Å². The molecule has 0 saturated heterocycles. The summed E-state index contributed by atoms with van der Waals surface area (Å²) >= 11 is 0. The maximum absolute atomic E-state index is 12.5. The number of aliphatic hydroxyl groups excluding tert-OH is 2. The summed E-state index contributed by atoms with van der Waals surface area (Å²) in [4.78, 5) is 24.6. The number of hydrogen-bond acceptors (Lipinski definition) is 5. The zero-order chi connectivity index (χ0) is 57.8. The number of esters is 1. The van der Waals surface area contributed by atoms with E-state index in [1.165, 1.54) is 360 Å². The molecule has 0 aromatic carbocycles. The third kappa shape index (κ3) is 65.7. The second-order valence-corrected chi connectivity index (χ2v) is 25.6. The number of carbonyl (C=O) groups is 2. The molecule has 0 aliphatic carbocycles. The van der Waals surface area contributed by atoms with Crippen molar-refractivity contribution in [2.75, 3.05) is 13.2 Å². The van der Waals surface area contributed by atoms with E-state index in [2.05, 4.69) is 19.2 Å². The molecule has 80 heavy (non-hydrogen) atoms. The van der Waals surface area contributed by atoms with Gasteiger partial charge in [0.15, 0.2) is 0 Å². The zero-order valence-electron chi connectivity index (χ0n) is 54.6. The molecule has 0 aliphatic rings. The Kier molecular flexibility index (Phi) is 68.9. The molecule has 0 fully saturated rings. The summed E-state index contributed by atoms with van der Waals surface area (Å²) in [5, 5.41) is 23.1. The monoisotopic (exact) mass is 1130 g/mol. The van der Waals surface area contributed by atoms with Crippen molar-refractivity contribution < 1.29 is 24.5 Å². The lowest BCUT2D eigenvalue weighted by molar-refractivity contribution is -0.143. The molecule has 0 aliphatic heterocycles. The van der Waals surface area contributed by atoms with Gasteiger partial charge in [0.05, 0.1) is 25.4 Å². The summed E-state index contributed by atoms with van der Waals surface area (Å²) in [6.07, 6.45) is 87.5. The van der Waals surface area contributed by atoms with Crippen molar-refractivity contribution in [2.24, 2.45) is 0 Å². The number of amides is 1. The highest BCUT2D eigenvalue weighted by Gasteiger charge is 2.18. The quantitative estimate of drug-likeness (QED) is 0.0320. The summed E-state index contributed by atoms with van der Waals surface area (Å²) in [5.41, 5.74) is 0. The molecular weight excluding hydrogens is 983 g/mol. The average molecular weight is 1130 g/mol. The van der Waals surface area contributed by atoms with Gasteiger partial charge in [0.25, 0.3) is 0 Å². The van der Waals surface area contributed by atoms with Crippen molar-refractivity contribution in [2.45, 2.75) is 437 Å². The summed E-state index contributed by atoms with van der Waals surface area (Å²) in [7, 11) is 0. The lowest BCUT2D eigenvalue weighted by Gasteiger charge is -2.20. The summed E-state index contributed by atoms with van der Waals surface area (Å²) in [6.45, 7) is 4.94. The van der Waals surface area contributed by atoms with Crippen LogP contribution in [0.5, 0.6) is 0 Å². The second-order valence-electron chi connectivity index (χ2n) is 25.6. The molecule has 6 nitrogen and oxygen atoms in total. The molecule has 0 radical (unpaired) electrons. The lowest BCUT2D eigenvalue weighted by Crippen LogP contribution is -2.45. The molecule has 2 unspecified atom stereocenters. The van der Waals surface area contributed by atoms with E-state index in [0.717, 1.165) is 38.5 Å². The molecule has 6 heteroatoms. The number of carbonyl (C=O) groups excluding carboxylic acids is 2. The van der Waals surface area contributed by atoms with Gasteiger partial charge in [-0.05, 0) is 32.1 Å². The Morgan fingerprint density at radius 3 is 0.850 bits per heavy atom. The Labute approximate surface area is 501 Å². The Hall–Kier alpha value is -1.40. The van der Waals surface area contributed by atoms with Crippen molar-refractivity contribution in [1.29, 1.82) is 0 Å². The van der Waals surface area contributed by atoms with E-state index in [1.54, 1.807) is 6.08 Å². The smallest absolute Gasteiger partial charge is 0.305 e. The predicted molar refractivity (Wildman–Crippen MR) is 352 cm³/mol. The fraction of sp³-hybridized carbons (Fsp3) is 0.946. The molecule has 0 rings (SSSR count). The minimum Gasteiger partial charge on any atom is -0.466 e. The van der Waals surface area contributed by atoms with E-state index in [4.69, 9.17) is 4.74 Å². The number of unbranched alkanes of at least 4 members (excludes halogenated alkanes) is 59. The summed E-state index contributed by atoms with van der Waals surface area (Å²) in [5.74, 6) is -0.0347. The summed E-state index contributed by atoms with van der Waals surface area (Å²) < 4.78 is 5.52. The van der Waals surface area contributed by atoms with Crippen molar-refractivity contribution in [3.63, 3.8) is 0 Å². The van der Waals surface area contributed by atoms with Crippen molar-refractivity contribution in [1.82, 2.24) is 5.32 Å². The van der Waals surface area contributed by atoms with Crippen LogP contribution in [0.1, 0.15) is 425 Å². The van der Waals surface area contributed by atoms with Gasteiger partial charge >= 0.3 is 5.97 Å². The normalized spacial score (nSPS) is 12.5. The molecule has 476 valence electrons. The standard InChI is InChI=1S/C74H145NO5/c1-3-5-7-9-11-13-15-17-18-19-38-41-44-48-52-56-60-64-68-74(79)80-69-65-61-57-53-49-45-42-39-36-34-32-30-28-26-24-22-20-21-23-25-27-29-31-33-35-37-40-43-47-51-55-59-63-67-73(78)75-71(70-76)72(77)66-62-58-54-50-46-16-14-12-10-8-6-4-2/h62,66,71-72,76-77H,3-61,63-65,67-70H2,1-2H3,(H,75,78)/b66-62+. The first-order valence-corrected chi connectivity index (χ1v) is 37.0. The van der Waals surface area contributed by atoms with Crippen LogP contribution in [0.4, 0.5) is 0 Å². The number of ether oxygens (including phenoxy) is 1. The van der Waals surface area contributed by atoms with E-state index in [0.29, 0.717) is 19.4 Å². The van der Waals surface area contributed by atoms with Gasteiger partial charge in [0.1, 0.15) is 0 Å². The maximum atomic E-state index is 12.5. The average Bonchev–Trinajstić information content (AvgIpc) is 3.46. The van der Waals surface area contributed by atoms with Crippen LogP contribution in [0.25, 0.3) is 0 Å². The predicted octanol–water partition coefficient (Wildman–Crippen LogP) is 23.9. The topological polar surface area (TPSA) is 95.9 Å². The second kappa shape index (κ2) is 70.1. The molecule has 0 aromatic heterocycles. The van der Waals surface area contributed by atoms with Gasteiger partial charge in [-0.2, -0.15) is 0 Å². The number of allylic oxidation sites excluding steroid dienone is 1. The molecule has 0 bridgehead atoms. The zero-order valence-corrected chi connectivity index (χ0v) is 54.6. The fourth-order valence-corrected chi connectivity index (χ4v) is 11.9. The SMILES string of the molecule is CCCCCCCCCCCC/C=C/C(O)C(CO)NC(=O)CCCCCCCCCCCCCCCCCCCCCCCCCCCCCCCCCCCOC(=O)CCCCCCCCCCCCCCCCCCCC. The molecule has 0 heterocycles. The van der Waals surface area contributed by atoms with Crippen LogP contribution in [-0.2, 0) is 14.3 Å². The Morgan fingerprint density at radius 2 is 0.575 bits per heavy atom. The third-order valence-electron chi connectivity index (χ3n) is 17.6. The fourth-order valence-electron chi connectivity index (χ4n) is 11.9. The van der Waals surface area contributed by atoms with Crippen LogP contribution in [-0.4, -0.2) is 47.4 Å². The largest absolute Gasteiger partial charge is 0.466 e. The van der Waals surface area contributed by atoms with Crippen molar-refractivity contribution >= 4 is 11.9 Å². The van der Waals surface area contributed by atoms with Gasteiger partial charge in [-0.15, -0.1) is 0 Å². The van der Waals surface area contributed by atoms with Crippen LogP contribution in [0.2, 0.25) is 0 Å². The van der Waals surface area contributed by atoms with E-state index >= 15 is 0 Å². The van der Waals surface area contributed by atoms with Crippen LogP contribution in [0.3, 0.4) is 0 Å². The minimum absolute atomic E-state index is 0.0268. The van der Waals surface area contributed by atoms with Crippen molar-refractivity contribution in [3.05, 3.63) is 12.2 Å². The Morgan fingerprint density at radius 1 is 0.338 bits per heavy atom. The highest BCUT2D eigenvalue weighted by Crippen LogP contribution is 2.20. The van der Waals surface area contributed by atoms with E-state index in [9.17, 15) is 19.8 Å². The van der Waals surface area contributed by atoms with Crippen LogP contribution >= 0.6 is 0 Å². The Balaban J connectivity index is 3.29. The van der Waals surface area contributed by atoms with Gasteiger partial charge in [-0.25, -0.2) is 0 Å². The van der Waals surface area contributed by atoms with Crippen LogP contribution in [0.15, 0.2) is 12.2 Å². The molecule has 2 atom stereocenters. The van der Waals surface area contributed by atoms with Crippen LogP contribution in [0, 0.1) is 0 Å². The summed E-state index contributed by atoms with van der Waals surface area (Å²) in [6, 6.07) is -0.622. The molecular formula is C74H145NO5. The van der Waals surface area contributed by atoms with Gasteiger partial charge in [-0.3, -0.25) is 9.59 Å². The first-order chi connectivity index (χ1) is 39.5. The minimum atomic E-state index is -0.839. The third-order valence-corrected chi connectivity index (χ3v) is 17.6. The number of nitrogens with one attached hydrogen (secondary N) is 1. The molecule has 0 saturated carbocycles. The van der Waals surface area contributed by atoms with Crippen molar-refractivity contribution in [3.8, 4) is 0 Å².